The van der Waals surface area contributed by atoms with Crippen molar-refractivity contribution in [3.05, 3.63) is 94.6 Å². The SMILES string of the molecule is C[C@@H]1Cc2cc(OCc3ccccc3)ccc2C(c2c(F)cc(N3CCCCCCNCCCCC3)cc2F)N1CC(C)(F)F. The van der Waals surface area contributed by atoms with Gasteiger partial charge in [0.2, 0.25) is 0 Å². The third-order valence-electron chi connectivity index (χ3n) is 9.05. The van der Waals surface area contributed by atoms with E-state index in [1.807, 2.05) is 43.3 Å². The Hall–Kier alpha value is -3.10. The summed E-state index contributed by atoms with van der Waals surface area (Å²) >= 11 is 0. The molecule has 1 N–H and O–H groups in total. The summed E-state index contributed by atoms with van der Waals surface area (Å²) in [5.41, 5.74) is 2.84. The van der Waals surface area contributed by atoms with E-state index in [4.69, 9.17) is 4.74 Å². The fourth-order valence-electron chi connectivity index (χ4n) is 6.76. The monoisotopic (exact) mass is 625 g/mol. The molecular weight excluding hydrogens is 578 g/mol. The van der Waals surface area contributed by atoms with E-state index in [9.17, 15) is 8.78 Å². The summed E-state index contributed by atoms with van der Waals surface area (Å²) in [6.45, 7) is 5.96. The van der Waals surface area contributed by atoms with E-state index in [0.29, 0.717) is 30.0 Å². The zero-order valence-electron chi connectivity index (χ0n) is 26.6. The molecule has 2 heterocycles. The van der Waals surface area contributed by atoms with Crippen LogP contribution in [0.2, 0.25) is 0 Å². The molecule has 2 aliphatic rings. The third kappa shape index (κ3) is 9.01. The van der Waals surface area contributed by atoms with Crippen molar-refractivity contribution in [1.82, 2.24) is 10.2 Å². The van der Waals surface area contributed by atoms with E-state index in [-0.39, 0.29) is 11.6 Å². The molecule has 5 rings (SSSR count). The largest absolute Gasteiger partial charge is 0.489 e. The molecule has 244 valence electrons. The maximum atomic E-state index is 16.3. The summed E-state index contributed by atoms with van der Waals surface area (Å²) in [6, 6.07) is 16.7. The average molecular weight is 626 g/mol. The highest BCUT2D eigenvalue weighted by Crippen LogP contribution is 2.43. The fraction of sp³-hybridized carbons (Fsp3) is 0.514. The molecule has 2 atom stereocenters. The first-order valence-corrected chi connectivity index (χ1v) is 16.6. The minimum atomic E-state index is -3.04. The van der Waals surface area contributed by atoms with Gasteiger partial charge in [0.25, 0.3) is 5.92 Å². The lowest BCUT2D eigenvalue weighted by atomic mass is 9.84. The molecule has 45 heavy (non-hydrogen) atoms. The van der Waals surface area contributed by atoms with Crippen molar-refractivity contribution >= 4 is 5.69 Å². The van der Waals surface area contributed by atoms with Crippen molar-refractivity contribution in [2.45, 2.75) is 89.8 Å². The zero-order chi connectivity index (χ0) is 31.8. The molecule has 2 aliphatic heterocycles. The molecule has 3 aromatic carbocycles. The Labute approximate surface area is 265 Å². The molecule has 0 aliphatic carbocycles. The van der Waals surface area contributed by atoms with Crippen LogP contribution < -0.4 is 15.0 Å². The van der Waals surface area contributed by atoms with Crippen LogP contribution in [0.25, 0.3) is 0 Å². The van der Waals surface area contributed by atoms with Gasteiger partial charge in [0, 0.05) is 37.3 Å². The Balaban J connectivity index is 1.45. The summed E-state index contributed by atoms with van der Waals surface area (Å²) in [6.07, 6.45) is 7.79. The summed E-state index contributed by atoms with van der Waals surface area (Å²) < 4.78 is 67.6. The number of anilines is 1. The summed E-state index contributed by atoms with van der Waals surface area (Å²) in [5.74, 6) is -3.80. The Kier molecular flexibility index (Phi) is 11.4. The number of benzene rings is 3. The molecule has 1 unspecified atom stereocenters. The molecule has 1 fully saturated rings. The summed E-state index contributed by atoms with van der Waals surface area (Å²) in [4.78, 5) is 3.65. The first-order valence-electron chi connectivity index (χ1n) is 16.6. The maximum absolute atomic E-state index is 16.3. The van der Waals surface area contributed by atoms with Crippen LogP contribution in [0.4, 0.5) is 23.2 Å². The minimum absolute atomic E-state index is 0.175. The predicted molar refractivity (Wildman–Crippen MR) is 173 cm³/mol. The van der Waals surface area contributed by atoms with E-state index >= 15 is 8.78 Å². The molecule has 0 amide bonds. The van der Waals surface area contributed by atoms with Gasteiger partial charge in [0.05, 0.1) is 12.6 Å². The van der Waals surface area contributed by atoms with Crippen LogP contribution in [0.5, 0.6) is 5.75 Å². The van der Waals surface area contributed by atoms with Crippen molar-refractivity contribution in [2.75, 3.05) is 37.6 Å². The number of ether oxygens (including phenoxy) is 1. The number of rotatable bonds is 7. The fourth-order valence-corrected chi connectivity index (χ4v) is 6.76. The molecule has 1 saturated heterocycles. The van der Waals surface area contributed by atoms with Crippen LogP contribution in [0.1, 0.15) is 87.1 Å². The van der Waals surface area contributed by atoms with E-state index < -0.39 is 30.1 Å². The van der Waals surface area contributed by atoms with E-state index in [2.05, 4.69) is 10.2 Å². The van der Waals surface area contributed by atoms with E-state index in [1.54, 1.807) is 17.0 Å². The highest BCUT2D eigenvalue weighted by molar-refractivity contribution is 5.52. The molecule has 0 aromatic heterocycles. The summed E-state index contributed by atoms with van der Waals surface area (Å²) in [7, 11) is 0. The molecule has 3 aromatic rings. The highest BCUT2D eigenvalue weighted by Gasteiger charge is 2.40. The number of fused-ring (bicyclic) bond motifs is 1. The van der Waals surface area contributed by atoms with Crippen LogP contribution >= 0.6 is 0 Å². The molecular formula is C37H47F4N3O. The maximum Gasteiger partial charge on any atom is 0.257 e. The van der Waals surface area contributed by atoms with Gasteiger partial charge in [0.15, 0.2) is 0 Å². The number of nitrogens with zero attached hydrogens (tertiary/aromatic N) is 2. The lowest BCUT2D eigenvalue weighted by Gasteiger charge is -2.43. The number of hydrogen-bond acceptors (Lipinski definition) is 4. The molecule has 0 bridgehead atoms. The van der Waals surface area contributed by atoms with Gasteiger partial charge in [-0.05, 0) is 93.1 Å². The van der Waals surface area contributed by atoms with Gasteiger partial charge in [-0.2, -0.15) is 0 Å². The smallest absolute Gasteiger partial charge is 0.257 e. The molecule has 8 heteroatoms. The van der Waals surface area contributed by atoms with Crippen LogP contribution in [0.15, 0.2) is 60.7 Å². The second kappa shape index (κ2) is 15.5. The van der Waals surface area contributed by atoms with Gasteiger partial charge in [-0.3, -0.25) is 4.90 Å². The van der Waals surface area contributed by atoms with Gasteiger partial charge in [0.1, 0.15) is 24.0 Å². The van der Waals surface area contributed by atoms with Crippen LogP contribution in [-0.2, 0) is 13.0 Å². The van der Waals surface area contributed by atoms with Crippen molar-refractivity contribution in [3.63, 3.8) is 0 Å². The van der Waals surface area contributed by atoms with Gasteiger partial charge in [-0.15, -0.1) is 0 Å². The van der Waals surface area contributed by atoms with Crippen LogP contribution in [0, 0.1) is 11.6 Å². The van der Waals surface area contributed by atoms with Gasteiger partial charge >= 0.3 is 0 Å². The molecule has 0 saturated carbocycles. The average Bonchev–Trinajstić information content (AvgIpc) is 3.03. The van der Waals surface area contributed by atoms with Crippen molar-refractivity contribution in [3.8, 4) is 5.75 Å². The Morgan fingerprint density at radius 3 is 2.16 bits per heavy atom. The molecule has 4 nitrogen and oxygen atoms in total. The van der Waals surface area contributed by atoms with Gasteiger partial charge in [-0.1, -0.05) is 55.7 Å². The number of nitrogens with one attached hydrogen (secondary N) is 1. The first kappa shape index (κ1) is 33.3. The van der Waals surface area contributed by atoms with Gasteiger partial charge in [-0.25, -0.2) is 17.6 Å². The van der Waals surface area contributed by atoms with E-state index in [1.165, 1.54) is 12.1 Å². The molecule has 0 spiro atoms. The van der Waals surface area contributed by atoms with Crippen LogP contribution in [-0.4, -0.2) is 49.6 Å². The van der Waals surface area contributed by atoms with Crippen molar-refractivity contribution < 1.29 is 22.3 Å². The second-order valence-corrected chi connectivity index (χ2v) is 12.9. The highest BCUT2D eigenvalue weighted by atomic mass is 19.3. The normalized spacial score (nSPS) is 20.9. The predicted octanol–water partition coefficient (Wildman–Crippen LogP) is 8.68. The van der Waals surface area contributed by atoms with Gasteiger partial charge < -0.3 is 15.0 Å². The topological polar surface area (TPSA) is 27.7 Å². The van der Waals surface area contributed by atoms with Crippen molar-refractivity contribution in [2.24, 2.45) is 0 Å². The zero-order valence-corrected chi connectivity index (χ0v) is 26.6. The first-order chi connectivity index (χ1) is 21.7. The Morgan fingerprint density at radius 1 is 0.844 bits per heavy atom. The number of alkyl halides is 2. The summed E-state index contributed by atoms with van der Waals surface area (Å²) in [5, 5.41) is 3.49. The van der Waals surface area contributed by atoms with Crippen LogP contribution in [0.3, 0.4) is 0 Å². The number of hydrogen-bond donors (Lipinski definition) is 1. The lowest BCUT2D eigenvalue weighted by molar-refractivity contribution is -0.0371. The minimum Gasteiger partial charge on any atom is -0.489 e. The quantitative estimate of drug-likeness (QED) is 0.266. The Morgan fingerprint density at radius 2 is 1.49 bits per heavy atom. The Bertz CT molecular complexity index is 1340. The second-order valence-electron chi connectivity index (χ2n) is 12.9. The standard InChI is InChI=1S/C37H47F4N3O/c1-27-21-29-22-31(45-25-28-13-7-5-8-14-28)15-16-32(29)36(44(27)26-37(2,40)41)35-33(38)23-30(24-34(35)39)43-19-11-4-3-9-17-42-18-10-6-12-20-43/h5,7-8,13-16,22-24,27,36,42H,3-4,6,9-12,17-21,25-26H2,1-2H3/t27-,36?/m1/s1. The van der Waals surface area contributed by atoms with E-state index in [0.717, 1.165) is 89.2 Å². The van der Waals surface area contributed by atoms with Crippen molar-refractivity contribution in [1.29, 1.82) is 0 Å². The third-order valence-corrected chi connectivity index (χ3v) is 9.05. The number of halogens is 4. The lowest BCUT2D eigenvalue weighted by Crippen LogP contribution is -2.48. The molecule has 0 radical (unpaired) electrons.